The summed E-state index contributed by atoms with van der Waals surface area (Å²) in [5.41, 5.74) is 5.17. The Hall–Kier alpha value is -1.30. The molecule has 0 spiro atoms. The number of rotatable bonds is 4. The van der Waals surface area contributed by atoms with E-state index in [0.29, 0.717) is 19.1 Å². The predicted molar refractivity (Wildman–Crippen MR) is 63.4 cm³/mol. The number of hydrogen-bond donors (Lipinski definition) is 2. The van der Waals surface area contributed by atoms with Crippen molar-refractivity contribution in [1.82, 2.24) is 10.2 Å². The van der Waals surface area contributed by atoms with Crippen molar-refractivity contribution in [3.8, 4) is 0 Å². The summed E-state index contributed by atoms with van der Waals surface area (Å²) in [5, 5.41) is 2.80. The van der Waals surface area contributed by atoms with Gasteiger partial charge < -0.3 is 15.8 Å². The molecule has 1 saturated heterocycles. The lowest BCUT2D eigenvalue weighted by Gasteiger charge is -2.35. The first-order valence-electron chi connectivity index (χ1n) is 5.95. The van der Waals surface area contributed by atoms with E-state index in [0.717, 1.165) is 13.0 Å². The number of nitrogens with one attached hydrogen (secondary N) is 1. The van der Waals surface area contributed by atoms with Crippen LogP contribution in [0.2, 0.25) is 0 Å². The van der Waals surface area contributed by atoms with Gasteiger partial charge in [0.05, 0.1) is 13.2 Å². The van der Waals surface area contributed by atoms with Crippen molar-refractivity contribution in [2.75, 3.05) is 26.2 Å². The third-order valence-electron chi connectivity index (χ3n) is 2.71. The van der Waals surface area contributed by atoms with Gasteiger partial charge in [-0.25, -0.2) is 4.79 Å². The lowest BCUT2D eigenvalue weighted by Crippen LogP contribution is -2.52. The summed E-state index contributed by atoms with van der Waals surface area (Å²) in [4.78, 5) is 24.1. The molecule has 0 bridgehead atoms. The number of carbonyl (C=O) groups excluding carboxylic acids is 2. The summed E-state index contributed by atoms with van der Waals surface area (Å²) in [5.74, 6) is 0.0870. The average molecular weight is 243 g/mol. The van der Waals surface area contributed by atoms with Gasteiger partial charge in [-0.3, -0.25) is 9.69 Å². The fraction of sp³-hybridized carbons (Fsp3) is 0.818. The number of nitrogens with zero attached hydrogens (tertiary/aromatic N) is 1. The predicted octanol–water partition coefficient (Wildman–Crippen LogP) is -0.0718. The summed E-state index contributed by atoms with van der Waals surface area (Å²) in [6.07, 6.45) is 0.499. The zero-order chi connectivity index (χ0) is 12.8. The largest absolute Gasteiger partial charge is 0.450 e. The maximum Gasteiger partial charge on any atom is 0.407 e. The first-order chi connectivity index (χ1) is 8.01. The molecule has 98 valence electrons. The Balaban J connectivity index is 2.44. The summed E-state index contributed by atoms with van der Waals surface area (Å²) in [7, 11) is 0. The monoisotopic (exact) mass is 243 g/mol. The van der Waals surface area contributed by atoms with Gasteiger partial charge in [-0.05, 0) is 19.3 Å². The van der Waals surface area contributed by atoms with Crippen LogP contribution in [0.25, 0.3) is 0 Å². The average Bonchev–Trinajstić information content (AvgIpc) is 2.14. The molecule has 1 heterocycles. The Bertz CT molecular complexity index is 283. The number of ether oxygens (including phenoxy) is 1. The number of amides is 2. The zero-order valence-electron chi connectivity index (χ0n) is 10.4. The highest BCUT2D eigenvalue weighted by Gasteiger charge is 2.26. The van der Waals surface area contributed by atoms with Crippen molar-refractivity contribution < 1.29 is 14.3 Å². The first kappa shape index (κ1) is 13.8. The second kappa shape index (κ2) is 6.44. The molecular formula is C11H21N3O3. The van der Waals surface area contributed by atoms with Gasteiger partial charge in [-0.2, -0.15) is 0 Å². The van der Waals surface area contributed by atoms with Crippen LogP contribution in [0.3, 0.4) is 0 Å². The molecular weight excluding hydrogens is 222 g/mol. The van der Waals surface area contributed by atoms with E-state index in [4.69, 9.17) is 10.5 Å². The molecule has 0 aliphatic carbocycles. The van der Waals surface area contributed by atoms with E-state index < -0.39 is 6.09 Å². The Morgan fingerprint density at radius 1 is 1.47 bits per heavy atom. The van der Waals surface area contributed by atoms with E-state index in [9.17, 15) is 9.59 Å². The molecule has 1 rings (SSSR count). The SMILES string of the molecule is CCOC(=O)NC1CC(C)CN(CC(N)=O)C1. The first-order valence-corrected chi connectivity index (χ1v) is 5.95. The van der Waals surface area contributed by atoms with Gasteiger partial charge in [-0.1, -0.05) is 6.92 Å². The van der Waals surface area contributed by atoms with Crippen LogP contribution in [0.4, 0.5) is 4.79 Å². The molecule has 1 aliphatic rings. The van der Waals surface area contributed by atoms with E-state index in [1.807, 2.05) is 4.90 Å². The molecule has 0 aromatic heterocycles. The van der Waals surface area contributed by atoms with Crippen LogP contribution in [0.15, 0.2) is 0 Å². The second-order valence-corrected chi connectivity index (χ2v) is 4.56. The second-order valence-electron chi connectivity index (χ2n) is 4.56. The van der Waals surface area contributed by atoms with E-state index in [2.05, 4.69) is 12.2 Å². The number of carbonyl (C=O) groups is 2. The normalized spacial score (nSPS) is 25.3. The van der Waals surface area contributed by atoms with Gasteiger partial charge in [-0.15, -0.1) is 0 Å². The minimum Gasteiger partial charge on any atom is -0.450 e. The van der Waals surface area contributed by atoms with Crippen molar-refractivity contribution in [1.29, 1.82) is 0 Å². The van der Waals surface area contributed by atoms with Gasteiger partial charge >= 0.3 is 6.09 Å². The molecule has 1 fully saturated rings. The van der Waals surface area contributed by atoms with Crippen LogP contribution in [0, 0.1) is 5.92 Å². The van der Waals surface area contributed by atoms with Gasteiger partial charge in [0.2, 0.25) is 5.91 Å². The Morgan fingerprint density at radius 2 is 2.18 bits per heavy atom. The van der Waals surface area contributed by atoms with Crippen LogP contribution in [0.5, 0.6) is 0 Å². The Kier molecular flexibility index (Phi) is 5.21. The van der Waals surface area contributed by atoms with Crippen molar-refractivity contribution >= 4 is 12.0 Å². The molecule has 3 N–H and O–H groups in total. The number of primary amides is 1. The third kappa shape index (κ3) is 5.04. The third-order valence-corrected chi connectivity index (χ3v) is 2.71. The molecule has 6 heteroatoms. The summed E-state index contributed by atoms with van der Waals surface area (Å²) in [6, 6.07) is 0.0251. The Labute approximate surface area is 101 Å². The van der Waals surface area contributed by atoms with Crippen molar-refractivity contribution in [2.24, 2.45) is 11.7 Å². The van der Waals surface area contributed by atoms with E-state index in [1.165, 1.54) is 0 Å². The van der Waals surface area contributed by atoms with E-state index >= 15 is 0 Å². The molecule has 2 unspecified atom stereocenters. The number of piperidine rings is 1. The molecule has 0 aromatic carbocycles. The molecule has 0 radical (unpaired) electrons. The topological polar surface area (TPSA) is 84.7 Å². The fourth-order valence-corrected chi connectivity index (χ4v) is 2.26. The summed E-state index contributed by atoms with van der Waals surface area (Å²) < 4.78 is 4.84. The molecule has 1 aliphatic heterocycles. The maximum absolute atomic E-state index is 11.3. The van der Waals surface area contributed by atoms with Gasteiger partial charge in [0.1, 0.15) is 0 Å². The quantitative estimate of drug-likeness (QED) is 0.723. The smallest absolute Gasteiger partial charge is 0.407 e. The van der Waals surface area contributed by atoms with Crippen LogP contribution >= 0.6 is 0 Å². The van der Waals surface area contributed by atoms with Crippen molar-refractivity contribution in [3.63, 3.8) is 0 Å². The molecule has 17 heavy (non-hydrogen) atoms. The zero-order valence-corrected chi connectivity index (χ0v) is 10.4. The number of alkyl carbamates (subject to hydrolysis) is 1. The number of nitrogens with two attached hydrogens (primary N) is 1. The van der Waals surface area contributed by atoms with Crippen LogP contribution in [0.1, 0.15) is 20.3 Å². The van der Waals surface area contributed by atoms with Crippen molar-refractivity contribution in [3.05, 3.63) is 0 Å². The minimum atomic E-state index is -0.398. The highest BCUT2D eigenvalue weighted by molar-refractivity contribution is 5.76. The molecule has 2 amide bonds. The van der Waals surface area contributed by atoms with E-state index in [1.54, 1.807) is 6.92 Å². The van der Waals surface area contributed by atoms with Crippen molar-refractivity contribution in [2.45, 2.75) is 26.3 Å². The molecule has 6 nitrogen and oxygen atoms in total. The lowest BCUT2D eigenvalue weighted by atomic mass is 9.96. The highest BCUT2D eigenvalue weighted by atomic mass is 16.5. The minimum absolute atomic E-state index is 0.0251. The maximum atomic E-state index is 11.3. The molecule has 2 atom stereocenters. The van der Waals surface area contributed by atoms with Crippen LogP contribution in [-0.4, -0.2) is 49.2 Å². The van der Waals surface area contributed by atoms with Crippen LogP contribution < -0.4 is 11.1 Å². The number of likely N-dealkylation sites (tertiary alicyclic amines) is 1. The summed E-state index contributed by atoms with van der Waals surface area (Å²) >= 11 is 0. The highest BCUT2D eigenvalue weighted by Crippen LogP contribution is 2.16. The summed E-state index contributed by atoms with van der Waals surface area (Å²) in [6.45, 7) is 5.94. The fourth-order valence-electron chi connectivity index (χ4n) is 2.26. The standard InChI is InChI=1S/C11H21N3O3/c1-3-17-11(16)13-9-4-8(2)5-14(6-9)7-10(12)15/h8-9H,3-7H2,1-2H3,(H2,12,15)(H,13,16). The van der Waals surface area contributed by atoms with E-state index in [-0.39, 0.29) is 18.5 Å². The number of hydrogen-bond acceptors (Lipinski definition) is 4. The molecule has 0 aromatic rings. The van der Waals surface area contributed by atoms with Gasteiger partial charge in [0.25, 0.3) is 0 Å². The lowest BCUT2D eigenvalue weighted by molar-refractivity contribution is -0.119. The van der Waals surface area contributed by atoms with Gasteiger partial charge in [0.15, 0.2) is 0 Å². The Morgan fingerprint density at radius 3 is 2.76 bits per heavy atom. The van der Waals surface area contributed by atoms with Crippen LogP contribution in [-0.2, 0) is 9.53 Å². The van der Waals surface area contributed by atoms with Gasteiger partial charge in [0, 0.05) is 19.1 Å². The molecule has 0 saturated carbocycles.